The predicted octanol–water partition coefficient (Wildman–Crippen LogP) is 3.44. The maximum Gasteiger partial charge on any atom is 0.0444 e. The summed E-state index contributed by atoms with van der Waals surface area (Å²) in [4.78, 5) is 0. The van der Waals surface area contributed by atoms with Crippen molar-refractivity contribution in [2.24, 2.45) is 0 Å². The number of hydrogen-bond donors (Lipinski definition) is 0. The molecule has 0 aliphatic heterocycles. The summed E-state index contributed by atoms with van der Waals surface area (Å²) < 4.78 is 0. The lowest BCUT2D eigenvalue weighted by Gasteiger charge is -2.06. The zero-order valence-electron chi connectivity index (χ0n) is 6.25. The van der Waals surface area contributed by atoms with Gasteiger partial charge in [-0.2, -0.15) is 0 Å². The van der Waals surface area contributed by atoms with Crippen LogP contribution >= 0.6 is 23.8 Å². The van der Waals surface area contributed by atoms with Gasteiger partial charge in [-0.1, -0.05) is 48.9 Å². The van der Waals surface area contributed by atoms with Crippen LogP contribution in [0.1, 0.15) is 18.4 Å². The molecule has 1 aromatic carbocycles. The fourth-order valence-electron chi connectivity index (χ4n) is 0.918. The van der Waals surface area contributed by atoms with Gasteiger partial charge in [0.2, 0.25) is 0 Å². The van der Waals surface area contributed by atoms with Gasteiger partial charge in [0.05, 0.1) is 0 Å². The maximum atomic E-state index is 5.93. The third kappa shape index (κ3) is 2.01. The van der Waals surface area contributed by atoms with Gasteiger partial charge in [-0.15, -0.1) is 0 Å². The first kappa shape index (κ1) is 8.69. The highest BCUT2D eigenvalue weighted by Gasteiger charge is 2.04. The summed E-state index contributed by atoms with van der Waals surface area (Å²) in [6, 6.07) is 7.76. The van der Waals surface area contributed by atoms with E-state index in [1.54, 1.807) is 5.37 Å². The van der Waals surface area contributed by atoms with Gasteiger partial charge in [-0.3, -0.25) is 0 Å². The molecule has 2 heteroatoms. The molecule has 0 bridgehead atoms. The van der Waals surface area contributed by atoms with Crippen LogP contribution in [0.2, 0.25) is 5.02 Å². The largest absolute Gasteiger partial charge is 0.0928 e. The van der Waals surface area contributed by atoms with Crippen LogP contribution in [-0.4, -0.2) is 5.37 Å². The molecule has 1 unspecified atom stereocenters. The smallest absolute Gasteiger partial charge is 0.0444 e. The first-order valence-corrected chi connectivity index (χ1v) is 4.30. The summed E-state index contributed by atoms with van der Waals surface area (Å²) >= 11 is 10.8. The van der Waals surface area contributed by atoms with Crippen molar-refractivity contribution in [2.75, 3.05) is 0 Å². The topological polar surface area (TPSA) is 0 Å². The van der Waals surface area contributed by atoms with Crippen molar-refractivity contribution in [3.8, 4) is 0 Å². The van der Waals surface area contributed by atoms with E-state index >= 15 is 0 Å². The molecule has 0 aliphatic rings. The van der Waals surface area contributed by atoms with E-state index in [0.717, 1.165) is 10.6 Å². The lowest BCUT2D eigenvalue weighted by Crippen LogP contribution is -1.92. The fraction of sp³-hybridized carbons (Fsp3) is 0.222. The normalized spacial score (nSPS) is 12.5. The third-order valence-corrected chi connectivity index (χ3v) is 2.35. The molecule has 0 aromatic heterocycles. The molecule has 0 nitrogen and oxygen atoms in total. The summed E-state index contributed by atoms with van der Waals surface area (Å²) in [6.07, 6.45) is 0. The molecule has 0 N–H and O–H groups in total. The van der Waals surface area contributed by atoms with Crippen molar-refractivity contribution in [1.29, 1.82) is 0 Å². The Morgan fingerprint density at radius 3 is 2.64 bits per heavy atom. The van der Waals surface area contributed by atoms with Crippen molar-refractivity contribution in [1.82, 2.24) is 0 Å². The minimum atomic E-state index is 0.263. The van der Waals surface area contributed by atoms with Gasteiger partial charge < -0.3 is 0 Å². The van der Waals surface area contributed by atoms with Gasteiger partial charge >= 0.3 is 0 Å². The number of halogens is 1. The van der Waals surface area contributed by atoms with E-state index in [9.17, 15) is 0 Å². The Balaban J connectivity index is 3.02. The average molecular weight is 185 g/mol. The summed E-state index contributed by atoms with van der Waals surface area (Å²) in [6.45, 7) is 2.04. The number of rotatable bonds is 2. The summed E-state index contributed by atoms with van der Waals surface area (Å²) in [5.74, 6) is 0.263. The van der Waals surface area contributed by atoms with Crippen LogP contribution in [0.4, 0.5) is 0 Å². The fourth-order valence-corrected chi connectivity index (χ4v) is 1.37. The molecule has 1 atom stereocenters. The standard InChI is InChI=1S/C9H9ClS/c1-7(6-11)8-4-2-3-5-9(8)10/h2-7H,1H3. The average Bonchev–Trinajstić information content (AvgIpc) is 2.04. The van der Waals surface area contributed by atoms with E-state index in [0.29, 0.717) is 0 Å². The molecular weight excluding hydrogens is 176 g/mol. The van der Waals surface area contributed by atoms with Crippen LogP contribution in [0.25, 0.3) is 0 Å². The van der Waals surface area contributed by atoms with Gasteiger partial charge in [0, 0.05) is 10.9 Å². The monoisotopic (exact) mass is 184 g/mol. The van der Waals surface area contributed by atoms with Gasteiger partial charge in [0.25, 0.3) is 0 Å². The quantitative estimate of drug-likeness (QED) is 0.635. The molecule has 0 saturated heterocycles. The van der Waals surface area contributed by atoms with Gasteiger partial charge in [0.1, 0.15) is 0 Å². The Bertz CT molecular complexity index is 257. The maximum absolute atomic E-state index is 5.93. The van der Waals surface area contributed by atoms with E-state index in [1.165, 1.54) is 0 Å². The van der Waals surface area contributed by atoms with Crippen LogP contribution in [-0.2, 0) is 0 Å². The van der Waals surface area contributed by atoms with Crippen molar-refractivity contribution in [3.05, 3.63) is 34.9 Å². The highest BCUT2D eigenvalue weighted by atomic mass is 35.5. The van der Waals surface area contributed by atoms with E-state index in [-0.39, 0.29) is 5.92 Å². The minimum Gasteiger partial charge on any atom is -0.0928 e. The second-order valence-electron chi connectivity index (χ2n) is 2.45. The predicted molar refractivity (Wildman–Crippen MR) is 53.5 cm³/mol. The van der Waals surface area contributed by atoms with Crippen LogP contribution in [0.5, 0.6) is 0 Å². The van der Waals surface area contributed by atoms with Crippen molar-refractivity contribution >= 4 is 29.2 Å². The van der Waals surface area contributed by atoms with E-state index in [4.69, 9.17) is 23.8 Å². The van der Waals surface area contributed by atoms with E-state index < -0.39 is 0 Å². The molecule has 0 aliphatic carbocycles. The summed E-state index contributed by atoms with van der Waals surface area (Å²) in [5, 5.41) is 2.52. The third-order valence-electron chi connectivity index (χ3n) is 1.60. The number of benzene rings is 1. The number of hydrogen-bond acceptors (Lipinski definition) is 1. The Hall–Kier alpha value is -0.400. The van der Waals surface area contributed by atoms with Crippen molar-refractivity contribution in [2.45, 2.75) is 12.8 Å². The lowest BCUT2D eigenvalue weighted by atomic mass is 10.0. The van der Waals surface area contributed by atoms with Gasteiger partial charge in [-0.25, -0.2) is 0 Å². The minimum absolute atomic E-state index is 0.263. The highest BCUT2D eigenvalue weighted by molar-refractivity contribution is 7.79. The molecule has 0 amide bonds. The molecule has 1 aromatic rings. The molecule has 0 radical (unpaired) electrons. The van der Waals surface area contributed by atoms with Gasteiger partial charge in [0.15, 0.2) is 0 Å². The first-order chi connectivity index (χ1) is 5.25. The molecule has 0 saturated carbocycles. The molecule has 1 rings (SSSR count). The Labute approximate surface area is 77.2 Å². The Morgan fingerprint density at radius 1 is 1.45 bits per heavy atom. The second-order valence-corrected chi connectivity index (χ2v) is 3.13. The molecule has 0 fully saturated rings. The van der Waals surface area contributed by atoms with Crippen LogP contribution < -0.4 is 0 Å². The Kier molecular flexibility index (Phi) is 3.03. The Morgan fingerprint density at radius 2 is 2.09 bits per heavy atom. The van der Waals surface area contributed by atoms with Gasteiger partial charge in [-0.05, 0) is 17.0 Å². The van der Waals surface area contributed by atoms with Crippen molar-refractivity contribution in [3.63, 3.8) is 0 Å². The van der Waals surface area contributed by atoms with Crippen LogP contribution in [0.3, 0.4) is 0 Å². The van der Waals surface area contributed by atoms with Crippen LogP contribution in [0, 0.1) is 0 Å². The molecule has 0 heterocycles. The number of thiocarbonyl (C=S) groups is 1. The van der Waals surface area contributed by atoms with E-state index in [2.05, 4.69) is 0 Å². The second kappa shape index (κ2) is 3.84. The van der Waals surface area contributed by atoms with E-state index in [1.807, 2.05) is 31.2 Å². The summed E-state index contributed by atoms with van der Waals surface area (Å²) in [5.41, 5.74) is 1.10. The zero-order chi connectivity index (χ0) is 8.27. The summed E-state index contributed by atoms with van der Waals surface area (Å²) in [7, 11) is 0. The molecular formula is C9H9ClS. The molecule has 58 valence electrons. The molecule has 0 spiro atoms. The highest BCUT2D eigenvalue weighted by Crippen LogP contribution is 2.22. The first-order valence-electron chi connectivity index (χ1n) is 3.45. The molecule has 11 heavy (non-hydrogen) atoms. The lowest BCUT2D eigenvalue weighted by molar-refractivity contribution is 1.06. The SMILES string of the molecule is CC(C=S)c1ccccc1Cl. The van der Waals surface area contributed by atoms with Crippen LogP contribution in [0.15, 0.2) is 24.3 Å². The zero-order valence-corrected chi connectivity index (χ0v) is 7.82. The van der Waals surface area contributed by atoms with Crippen molar-refractivity contribution < 1.29 is 0 Å².